The highest BCUT2D eigenvalue weighted by molar-refractivity contribution is 6.30. The van der Waals surface area contributed by atoms with Gasteiger partial charge in [-0.3, -0.25) is 4.79 Å². The van der Waals surface area contributed by atoms with Crippen LogP contribution in [-0.4, -0.2) is 43.6 Å². The van der Waals surface area contributed by atoms with Crippen LogP contribution in [0.4, 0.5) is 5.69 Å². The number of rotatable bonds is 7. The Labute approximate surface area is 194 Å². The summed E-state index contributed by atoms with van der Waals surface area (Å²) in [4.78, 5) is 17.4. The fourth-order valence-electron chi connectivity index (χ4n) is 3.80. The van der Waals surface area contributed by atoms with Crippen molar-refractivity contribution in [1.82, 2.24) is 4.90 Å². The smallest absolute Gasteiger partial charge is 0.253 e. The third-order valence-corrected chi connectivity index (χ3v) is 5.76. The van der Waals surface area contributed by atoms with E-state index in [0.717, 1.165) is 24.4 Å². The molecule has 1 amide bonds. The predicted octanol–water partition coefficient (Wildman–Crippen LogP) is 5.28. The van der Waals surface area contributed by atoms with Crippen LogP contribution in [0.3, 0.4) is 0 Å². The predicted molar refractivity (Wildman–Crippen MR) is 128 cm³/mol. The van der Waals surface area contributed by atoms with Crippen LogP contribution in [-0.2, 0) is 6.61 Å². The van der Waals surface area contributed by atoms with Crippen LogP contribution in [0.2, 0.25) is 5.02 Å². The maximum Gasteiger partial charge on any atom is 0.253 e. The third kappa shape index (κ3) is 5.35. The number of carbonyl (C=O) groups excluding carboxylic acids is 1. The number of carbonyl (C=O) groups is 1. The van der Waals surface area contributed by atoms with Gasteiger partial charge in [0.1, 0.15) is 18.1 Å². The van der Waals surface area contributed by atoms with Crippen molar-refractivity contribution in [2.45, 2.75) is 13.5 Å². The Morgan fingerprint density at radius 2 is 1.62 bits per heavy atom. The third-order valence-electron chi connectivity index (χ3n) is 5.50. The summed E-state index contributed by atoms with van der Waals surface area (Å²) in [7, 11) is 0. The molecule has 0 bridgehead atoms. The van der Waals surface area contributed by atoms with Crippen molar-refractivity contribution < 1.29 is 14.3 Å². The molecule has 0 saturated carbocycles. The summed E-state index contributed by atoms with van der Waals surface area (Å²) in [6.07, 6.45) is 0. The van der Waals surface area contributed by atoms with Crippen molar-refractivity contribution in [2.24, 2.45) is 0 Å². The highest BCUT2D eigenvalue weighted by Gasteiger charge is 2.23. The van der Waals surface area contributed by atoms with Crippen molar-refractivity contribution in [3.63, 3.8) is 0 Å². The van der Waals surface area contributed by atoms with E-state index in [1.807, 2.05) is 60.4 Å². The molecule has 0 spiro atoms. The second-order valence-electron chi connectivity index (χ2n) is 7.61. The van der Waals surface area contributed by atoms with Crippen molar-refractivity contribution in [3.8, 4) is 11.5 Å². The van der Waals surface area contributed by atoms with Crippen LogP contribution >= 0.6 is 11.6 Å². The Kier molecular flexibility index (Phi) is 7.17. The Balaban J connectivity index is 1.44. The molecule has 0 atom stereocenters. The van der Waals surface area contributed by atoms with E-state index in [4.69, 9.17) is 21.1 Å². The molecule has 0 aromatic heterocycles. The monoisotopic (exact) mass is 450 g/mol. The second kappa shape index (κ2) is 10.4. The molecule has 1 saturated heterocycles. The number of benzene rings is 3. The Hall–Kier alpha value is -3.18. The Morgan fingerprint density at radius 1 is 0.906 bits per heavy atom. The van der Waals surface area contributed by atoms with Crippen LogP contribution in [0, 0.1) is 0 Å². The van der Waals surface area contributed by atoms with E-state index in [2.05, 4.69) is 17.0 Å². The van der Waals surface area contributed by atoms with Crippen LogP contribution in [0.5, 0.6) is 11.5 Å². The van der Waals surface area contributed by atoms with Crippen molar-refractivity contribution >= 4 is 23.2 Å². The summed E-state index contributed by atoms with van der Waals surface area (Å²) < 4.78 is 11.7. The molecule has 3 aromatic rings. The minimum Gasteiger partial charge on any atom is -0.493 e. The zero-order valence-electron chi connectivity index (χ0n) is 18.2. The highest BCUT2D eigenvalue weighted by atomic mass is 35.5. The average molecular weight is 451 g/mol. The summed E-state index contributed by atoms with van der Waals surface area (Å²) in [5.41, 5.74) is 2.69. The van der Waals surface area contributed by atoms with Crippen molar-refractivity contribution in [2.75, 3.05) is 37.7 Å². The second-order valence-corrected chi connectivity index (χ2v) is 8.05. The first-order chi connectivity index (χ1) is 15.6. The molecule has 6 heteroatoms. The average Bonchev–Trinajstić information content (AvgIpc) is 2.85. The quantitative estimate of drug-likeness (QED) is 0.491. The van der Waals surface area contributed by atoms with Gasteiger partial charge in [0.2, 0.25) is 0 Å². The molecule has 32 heavy (non-hydrogen) atoms. The Bertz CT molecular complexity index is 1030. The van der Waals surface area contributed by atoms with E-state index in [9.17, 15) is 4.79 Å². The first-order valence-corrected chi connectivity index (χ1v) is 11.2. The molecule has 1 heterocycles. The molecular weight excluding hydrogens is 424 g/mol. The standard InChI is InChI=1S/C26H27ClN2O3/c1-2-31-25-13-8-20(18-21(25)19-32-24-11-9-22(27)10-12-24)26(30)29-16-14-28(15-17-29)23-6-4-3-5-7-23/h3-13,18H,2,14-17,19H2,1H3. The fraction of sp³-hybridized carbons (Fsp3) is 0.269. The topological polar surface area (TPSA) is 42.0 Å². The van der Waals surface area contributed by atoms with E-state index in [1.165, 1.54) is 5.69 Å². The van der Waals surface area contributed by atoms with Gasteiger partial charge in [0, 0.05) is 48.0 Å². The first kappa shape index (κ1) is 22.0. The van der Waals surface area contributed by atoms with E-state index in [0.29, 0.717) is 42.6 Å². The summed E-state index contributed by atoms with van der Waals surface area (Å²) in [5.74, 6) is 1.48. The minimum absolute atomic E-state index is 0.0357. The molecule has 3 aromatic carbocycles. The van der Waals surface area contributed by atoms with Gasteiger partial charge in [-0.15, -0.1) is 0 Å². The normalized spacial score (nSPS) is 13.7. The van der Waals surface area contributed by atoms with Crippen molar-refractivity contribution in [1.29, 1.82) is 0 Å². The zero-order valence-corrected chi connectivity index (χ0v) is 18.9. The lowest BCUT2D eigenvalue weighted by Gasteiger charge is -2.36. The van der Waals surface area contributed by atoms with Gasteiger partial charge in [0.05, 0.1) is 6.61 Å². The van der Waals surface area contributed by atoms with Gasteiger partial charge in [-0.2, -0.15) is 0 Å². The minimum atomic E-state index is 0.0357. The van der Waals surface area contributed by atoms with Gasteiger partial charge in [0.25, 0.3) is 5.91 Å². The molecule has 1 aliphatic rings. The number of hydrogen-bond donors (Lipinski definition) is 0. The summed E-state index contributed by atoms with van der Waals surface area (Å²) >= 11 is 5.95. The van der Waals surface area contributed by atoms with E-state index < -0.39 is 0 Å². The first-order valence-electron chi connectivity index (χ1n) is 10.9. The van der Waals surface area contributed by atoms with Gasteiger partial charge in [-0.25, -0.2) is 0 Å². The summed E-state index contributed by atoms with van der Waals surface area (Å²) in [6.45, 7) is 5.81. The Morgan fingerprint density at radius 3 is 2.31 bits per heavy atom. The molecule has 1 aliphatic heterocycles. The highest BCUT2D eigenvalue weighted by Crippen LogP contribution is 2.25. The zero-order chi connectivity index (χ0) is 22.3. The lowest BCUT2D eigenvalue weighted by atomic mass is 10.1. The maximum absolute atomic E-state index is 13.2. The summed E-state index contributed by atoms with van der Waals surface area (Å²) in [5, 5.41) is 0.660. The van der Waals surface area contributed by atoms with Crippen LogP contribution < -0.4 is 14.4 Å². The lowest BCUT2D eigenvalue weighted by molar-refractivity contribution is 0.0746. The molecule has 0 unspecified atom stereocenters. The number of ether oxygens (including phenoxy) is 2. The van der Waals surface area contributed by atoms with Gasteiger partial charge in [-0.05, 0) is 61.5 Å². The van der Waals surface area contributed by atoms with E-state index in [-0.39, 0.29) is 5.91 Å². The fourth-order valence-corrected chi connectivity index (χ4v) is 3.93. The largest absolute Gasteiger partial charge is 0.493 e. The number of nitrogens with zero attached hydrogens (tertiary/aromatic N) is 2. The molecule has 0 radical (unpaired) electrons. The number of para-hydroxylation sites is 1. The van der Waals surface area contributed by atoms with Crippen LogP contribution in [0.15, 0.2) is 72.8 Å². The van der Waals surface area contributed by atoms with Crippen LogP contribution in [0.1, 0.15) is 22.8 Å². The molecule has 1 fully saturated rings. The van der Waals surface area contributed by atoms with Gasteiger partial charge in [0.15, 0.2) is 0 Å². The number of piperazine rings is 1. The van der Waals surface area contributed by atoms with E-state index >= 15 is 0 Å². The molecule has 166 valence electrons. The van der Waals surface area contributed by atoms with Gasteiger partial charge in [-0.1, -0.05) is 29.8 Å². The molecule has 0 N–H and O–H groups in total. The number of halogens is 1. The van der Waals surface area contributed by atoms with Crippen LogP contribution in [0.25, 0.3) is 0 Å². The SMILES string of the molecule is CCOc1ccc(C(=O)N2CCN(c3ccccc3)CC2)cc1COc1ccc(Cl)cc1. The molecule has 5 nitrogen and oxygen atoms in total. The maximum atomic E-state index is 13.2. The number of amides is 1. The van der Waals surface area contributed by atoms with Gasteiger partial charge < -0.3 is 19.3 Å². The number of anilines is 1. The number of hydrogen-bond acceptors (Lipinski definition) is 4. The lowest BCUT2D eigenvalue weighted by Crippen LogP contribution is -2.48. The van der Waals surface area contributed by atoms with Crippen molar-refractivity contribution in [3.05, 3.63) is 88.9 Å². The van der Waals surface area contributed by atoms with Gasteiger partial charge >= 0.3 is 0 Å². The molecule has 4 rings (SSSR count). The molecular formula is C26H27ClN2O3. The summed E-state index contributed by atoms with van der Waals surface area (Å²) in [6, 6.07) is 23.1. The molecule has 0 aliphatic carbocycles. The van der Waals surface area contributed by atoms with E-state index in [1.54, 1.807) is 12.1 Å².